The van der Waals surface area contributed by atoms with Crippen LogP contribution in [0.25, 0.3) is 0 Å². The Kier molecular flexibility index (Phi) is 4.61. The number of carbonyl (C=O) groups is 3. The van der Waals surface area contributed by atoms with Crippen LogP contribution in [0.15, 0.2) is 11.6 Å². The van der Waals surface area contributed by atoms with Gasteiger partial charge in [-0.2, -0.15) is 0 Å². The fraction of sp³-hybridized carbons (Fsp3) is 0.783. The summed E-state index contributed by atoms with van der Waals surface area (Å²) in [4.78, 5) is 35.9. The molecule has 0 unspecified atom stereocenters. The summed E-state index contributed by atoms with van der Waals surface area (Å²) in [5.74, 6) is 0.712. The molecule has 154 valence electrons. The number of rotatable bonds is 3. The largest absolute Gasteiger partial charge is 0.458 e. The van der Waals surface area contributed by atoms with Crippen molar-refractivity contribution in [2.75, 3.05) is 6.61 Å². The summed E-state index contributed by atoms with van der Waals surface area (Å²) < 4.78 is 4.92. The topological polar surface area (TPSA) is 80.7 Å². The summed E-state index contributed by atoms with van der Waals surface area (Å²) in [5.41, 5.74) is -0.459. The van der Waals surface area contributed by atoms with Crippen molar-refractivity contribution in [1.29, 1.82) is 0 Å². The van der Waals surface area contributed by atoms with Crippen LogP contribution in [0.5, 0.6) is 0 Å². The SMILES string of the molecule is CC(=O)OCC(=O)[C@@]1(O)CC[C@@H]2[C@@H]3CCC4=CC(=O)CC[C@]4(C)[C@@H]3CC[C@@]21C. The molecule has 5 nitrogen and oxygen atoms in total. The molecule has 3 fully saturated rings. The number of ketones is 2. The lowest BCUT2D eigenvalue weighted by Gasteiger charge is -2.58. The van der Waals surface area contributed by atoms with E-state index in [4.69, 9.17) is 4.74 Å². The van der Waals surface area contributed by atoms with E-state index in [0.29, 0.717) is 30.6 Å². The summed E-state index contributed by atoms with van der Waals surface area (Å²) in [6.45, 7) is 5.35. The minimum Gasteiger partial charge on any atom is -0.458 e. The van der Waals surface area contributed by atoms with Gasteiger partial charge < -0.3 is 9.84 Å². The first-order chi connectivity index (χ1) is 13.1. The first-order valence-corrected chi connectivity index (χ1v) is 10.7. The number of fused-ring (bicyclic) bond motifs is 5. The van der Waals surface area contributed by atoms with Crippen molar-refractivity contribution in [2.24, 2.45) is 28.6 Å². The van der Waals surface area contributed by atoms with E-state index in [2.05, 4.69) is 13.8 Å². The minimum absolute atomic E-state index is 0.0839. The highest BCUT2D eigenvalue weighted by molar-refractivity contribution is 5.92. The summed E-state index contributed by atoms with van der Waals surface area (Å²) >= 11 is 0. The molecule has 6 atom stereocenters. The Morgan fingerprint density at radius 2 is 1.82 bits per heavy atom. The molecule has 5 heteroatoms. The van der Waals surface area contributed by atoms with Gasteiger partial charge >= 0.3 is 5.97 Å². The van der Waals surface area contributed by atoms with Crippen molar-refractivity contribution in [3.8, 4) is 0 Å². The smallest absolute Gasteiger partial charge is 0.303 e. The van der Waals surface area contributed by atoms with Gasteiger partial charge in [-0.1, -0.05) is 19.4 Å². The monoisotopic (exact) mass is 388 g/mol. The Bertz CT molecular complexity index is 754. The zero-order chi connectivity index (χ0) is 20.3. The van der Waals surface area contributed by atoms with Crippen LogP contribution in [0.1, 0.15) is 72.1 Å². The molecule has 0 bridgehead atoms. The molecule has 0 aromatic rings. The average molecular weight is 389 g/mol. The first-order valence-electron chi connectivity index (χ1n) is 10.7. The third kappa shape index (κ3) is 2.65. The third-order valence-electron chi connectivity index (χ3n) is 8.98. The van der Waals surface area contributed by atoms with E-state index >= 15 is 0 Å². The van der Waals surface area contributed by atoms with E-state index in [1.807, 2.05) is 6.08 Å². The van der Waals surface area contributed by atoms with Gasteiger partial charge in [-0.05, 0) is 74.2 Å². The van der Waals surface area contributed by atoms with Crippen LogP contribution in [-0.4, -0.2) is 34.9 Å². The van der Waals surface area contributed by atoms with Gasteiger partial charge in [0.15, 0.2) is 12.4 Å². The normalized spacial score (nSPS) is 44.8. The predicted molar refractivity (Wildman–Crippen MR) is 103 cm³/mol. The second-order valence-electron chi connectivity index (χ2n) is 10.0. The number of Topliss-reactive ketones (excluding diaryl/α,β-unsaturated/α-hetero) is 1. The van der Waals surface area contributed by atoms with E-state index in [1.165, 1.54) is 12.5 Å². The highest BCUT2D eigenvalue weighted by Crippen LogP contribution is 2.67. The van der Waals surface area contributed by atoms with Crippen molar-refractivity contribution in [2.45, 2.75) is 77.7 Å². The molecule has 0 aromatic heterocycles. The van der Waals surface area contributed by atoms with Crippen molar-refractivity contribution in [3.05, 3.63) is 11.6 Å². The molecular formula is C23H32O5. The van der Waals surface area contributed by atoms with Crippen molar-refractivity contribution in [1.82, 2.24) is 0 Å². The van der Waals surface area contributed by atoms with E-state index in [0.717, 1.165) is 38.5 Å². The Labute approximate surface area is 166 Å². The number of aliphatic hydroxyl groups is 1. The molecule has 4 aliphatic rings. The van der Waals surface area contributed by atoms with Gasteiger partial charge in [-0.25, -0.2) is 0 Å². The fourth-order valence-electron chi connectivity index (χ4n) is 7.32. The zero-order valence-corrected chi connectivity index (χ0v) is 17.3. The molecule has 3 saturated carbocycles. The molecule has 0 amide bonds. The quantitative estimate of drug-likeness (QED) is 0.750. The lowest BCUT2D eigenvalue weighted by molar-refractivity contribution is -0.169. The summed E-state index contributed by atoms with van der Waals surface area (Å²) in [6, 6.07) is 0. The zero-order valence-electron chi connectivity index (χ0n) is 17.3. The number of carbonyl (C=O) groups excluding carboxylic acids is 3. The highest BCUT2D eigenvalue weighted by atomic mass is 16.5. The number of allylic oxidation sites excluding steroid dienone is 1. The summed E-state index contributed by atoms with van der Waals surface area (Å²) in [7, 11) is 0. The molecule has 0 aliphatic heterocycles. The molecular weight excluding hydrogens is 356 g/mol. The van der Waals surface area contributed by atoms with Crippen LogP contribution in [0.2, 0.25) is 0 Å². The predicted octanol–water partition coefficient (Wildman–Crippen LogP) is 3.38. The van der Waals surface area contributed by atoms with Crippen LogP contribution in [0, 0.1) is 28.6 Å². The van der Waals surface area contributed by atoms with E-state index in [-0.39, 0.29) is 23.6 Å². The van der Waals surface area contributed by atoms with Gasteiger partial charge in [-0.3, -0.25) is 14.4 Å². The Morgan fingerprint density at radius 3 is 2.54 bits per heavy atom. The van der Waals surface area contributed by atoms with Gasteiger partial charge in [0.25, 0.3) is 0 Å². The van der Waals surface area contributed by atoms with Gasteiger partial charge in [0.2, 0.25) is 5.78 Å². The Morgan fingerprint density at radius 1 is 1.11 bits per heavy atom. The van der Waals surface area contributed by atoms with Crippen molar-refractivity contribution < 1.29 is 24.2 Å². The molecule has 0 heterocycles. The summed E-state index contributed by atoms with van der Waals surface area (Å²) in [6.07, 6.45) is 8.53. The maximum Gasteiger partial charge on any atom is 0.303 e. The molecule has 0 spiro atoms. The second-order valence-corrected chi connectivity index (χ2v) is 10.0. The van der Waals surface area contributed by atoms with Crippen LogP contribution >= 0.6 is 0 Å². The minimum atomic E-state index is -1.41. The second kappa shape index (κ2) is 6.51. The van der Waals surface area contributed by atoms with Crippen LogP contribution in [0.4, 0.5) is 0 Å². The van der Waals surface area contributed by atoms with Crippen LogP contribution in [-0.2, 0) is 19.1 Å². The Hall–Kier alpha value is -1.49. The fourth-order valence-corrected chi connectivity index (χ4v) is 7.32. The molecule has 4 rings (SSSR count). The van der Waals surface area contributed by atoms with Gasteiger partial charge in [0.05, 0.1) is 0 Å². The first kappa shape index (κ1) is 19.8. The maximum absolute atomic E-state index is 12.8. The van der Waals surface area contributed by atoms with E-state index in [9.17, 15) is 19.5 Å². The van der Waals surface area contributed by atoms with Crippen molar-refractivity contribution in [3.63, 3.8) is 0 Å². The van der Waals surface area contributed by atoms with Crippen molar-refractivity contribution >= 4 is 17.5 Å². The van der Waals surface area contributed by atoms with Gasteiger partial charge in [0.1, 0.15) is 5.60 Å². The molecule has 28 heavy (non-hydrogen) atoms. The summed E-state index contributed by atoms with van der Waals surface area (Å²) in [5, 5.41) is 11.5. The van der Waals surface area contributed by atoms with E-state index < -0.39 is 17.0 Å². The van der Waals surface area contributed by atoms with Crippen LogP contribution in [0.3, 0.4) is 0 Å². The van der Waals surface area contributed by atoms with Gasteiger partial charge in [0, 0.05) is 18.8 Å². The number of ether oxygens (including phenoxy) is 1. The molecule has 0 radical (unpaired) electrons. The lowest BCUT2D eigenvalue weighted by Crippen LogP contribution is -2.58. The van der Waals surface area contributed by atoms with Gasteiger partial charge in [-0.15, -0.1) is 0 Å². The molecule has 0 aromatic carbocycles. The standard InChI is InChI=1S/C23H32O5/c1-14(24)28-13-20(26)23(27)11-8-19-17-5-4-15-12-16(25)6-9-21(15,2)18(17)7-10-22(19,23)3/h12,17-19,27H,4-11,13H2,1-3H3/t17-,18-,19-,21+,22+,23+/m1/s1. The number of hydrogen-bond acceptors (Lipinski definition) is 5. The average Bonchev–Trinajstić information content (AvgIpc) is 2.92. The molecule has 0 saturated heterocycles. The Balaban J connectivity index is 1.60. The maximum atomic E-state index is 12.8. The highest BCUT2D eigenvalue weighted by Gasteiger charge is 2.66. The number of hydrogen-bond donors (Lipinski definition) is 1. The number of esters is 1. The van der Waals surface area contributed by atoms with Crippen LogP contribution < -0.4 is 0 Å². The molecule has 4 aliphatic carbocycles. The molecule has 1 N–H and O–H groups in total. The third-order valence-corrected chi connectivity index (χ3v) is 8.98. The lowest BCUT2D eigenvalue weighted by atomic mass is 9.46. The van der Waals surface area contributed by atoms with E-state index in [1.54, 1.807) is 0 Å².